The fraction of sp³-hybridized carbons (Fsp3) is 0.600. The maximum atomic E-state index is 14.1. The minimum atomic E-state index is -0.105. The van der Waals surface area contributed by atoms with Crippen LogP contribution in [0.25, 0.3) is 0 Å². The van der Waals surface area contributed by atoms with Crippen molar-refractivity contribution in [3.05, 3.63) is 29.6 Å². The molecule has 1 aliphatic heterocycles. The zero-order chi connectivity index (χ0) is 13.1. The van der Waals surface area contributed by atoms with Gasteiger partial charge in [0.15, 0.2) is 0 Å². The molecule has 1 N–H and O–H groups in total. The van der Waals surface area contributed by atoms with Gasteiger partial charge >= 0.3 is 0 Å². The lowest BCUT2D eigenvalue weighted by Gasteiger charge is -2.37. The first kappa shape index (κ1) is 13.3. The maximum Gasteiger partial charge on any atom is 0.130 e. The number of nitrogens with one attached hydrogen (secondary N) is 1. The van der Waals surface area contributed by atoms with Crippen LogP contribution in [0.4, 0.5) is 10.1 Å². The zero-order valence-corrected chi connectivity index (χ0v) is 11.5. The molecule has 0 amide bonds. The van der Waals surface area contributed by atoms with E-state index in [2.05, 4.69) is 17.1 Å². The van der Waals surface area contributed by atoms with Crippen LogP contribution in [0.1, 0.15) is 44.7 Å². The van der Waals surface area contributed by atoms with Gasteiger partial charge in [-0.3, -0.25) is 0 Å². The molecule has 0 bridgehead atoms. The van der Waals surface area contributed by atoms with Crippen LogP contribution in [0, 0.1) is 5.82 Å². The smallest absolute Gasteiger partial charge is 0.130 e. The molecule has 1 aromatic rings. The van der Waals surface area contributed by atoms with Crippen LogP contribution in [0.2, 0.25) is 0 Å². The summed E-state index contributed by atoms with van der Waals surface area (Å²) in [6.45, 7) is 5.28. The van der Waals surface area contributed by atoms with Crippen molar-refractivity contribution in [1.82, 2.24) is 5.32 Å². The van der Waals surface area contributed by atoms with Crippen molar-refractivity contribution in [1.29, 1.82) is 0 Å². The van der Waals surface area contributed by atoms with Gasteiger partial charge in [0, 0.05) is 29.9 Å². The van der Waals surface area contributed by atoms with Gasteiger partial charge in [0.25, 0.3) is 0 Å². The highest BCUT2D eigenvalue weighted by Gasteiger charge is 2.24. The van der Waals surface area contributed by atoms with E-state index in [9.17, 15) is 4.39 Å². The fourth-order valence-electron chi connectivity index (χ4n) is 2.81. The molecule has 1 fully saturated rings. The van der Waals surface area contributed by atoms with Crippen LogP contribution >= 0.6 is 0 Å². The minimum absolute atomic E-state index is 0.0373. The number of halogens is 1. The summed E-state index contributed by atoms with van der Waals surface area (Å²) in [5.74, 6) is -0.105. The Morgan fingerprint density at radius 2 is 2.17 bits per heavy atom. The summed E-state index contributed by atoms with van der Waals surface area (Å²) >= 11 is 0. The number of hydrogen-bond donors (Lipinski definition) is 1. The van der Waals surface area contributed by atoms with E-state index in [-0.39, 0.29) is 11.9 Å². The van der Waals surface area contributed by atoms with Crippen molar-refractivity contribution in [2.45, 2.75) is 45.2 Å². The molecule has 2 nitrogen and oxygen atoms in total. The Balaban J connectivity index is 2.39. The summed E-state index contributed by atoms with van der Waals surface area (Å²) in [6, 6.07) is 5.96. The molecule has 3 heteroatoms. The van der Waals surface area contributed by atoms with Crippen molar-refractivity contribution < 1.29 is 4.39 Å². The molecule has 2 rings (SSSR count). The van der Waals surface area contributed by atoms with Gasteiger partial charge in [-0.1, -0.05) is 6.07 Å². The number of rotatable bonds is 3. The Kier molecular flexibility index (Phi) is 4.23. The van der Waals surface area contributed by atoms with E-state index in [1.165, 1.54) is 19.3 Å². The SMILES string of the molecule is CNC(C)c1c(F)cccc1N1CCCCC1C. The predicted octanol–water partition coefficient (Wildman–Crippen LogP) is 3.48. The van der Waals surface area contributed by atoms with Crippen molar-refractivity contribution in [3.8, 4) is 0 Å². The van der Waals surface area contributed by atoms with E-state index in [1.54, 1.807) is 6.07 Å². The average molecular weight is 250 g/mol. The Bertz CT molecular complexity index is 405. The minimum Gasteiger partial charge on any atom is -0.368 e. The monoisotopic (exact) mass is 250 g/mol. The Morgan fingerprint density at radius 1 is 1.39 bits per heavy atom. The summed E-state index contributed by atoms with van der Waals surface area (Å²) in [5, 5.41) is 3.15. The predicted molar refractivity (Wildman–Crippen MR) is 74.5 cm³/mol. The summed E-state index contributed by atoms with van der Waals surface area (Å²) in [4.78, 5) is 2.36. The van der Waals surface area contributed by atoms with Crippen LogP contribution in [0.15, 0.2) is 18.2 Å². The average Bonchev–Trinajstić information content (AvgIpc) is 2.38. The number of piperidine rings is 1. The molecule has 1 saturated heterocycles. The summed E-state index contributed by atoms with van der Waals surface area (Å²) < 4.78 is 14.1. The van der Waals surface area contributed by atoms with Gasteiger partial charge in [-0.05, 0) is 52.3 Å². The van der Waals surface area contributed by atoms with E-state index in [0.29, 0.717) is 6.04 Å². The van der Waals surface area contributed by atoms with Crippen LogP contribution in [0.5, 0.6) is 0 Å². The van der Waals surface area contributed by atoms with Crippen LogP contribution in [-0.4, -0.2) is 19.6 Å². The molecule has 1 heterocycles. The molecular formula is C15H23FN2. The number of nitrogens with zero attached hydrogens (tertiary/aromatic N) is 1. The zero-order valence-electron chi connectivity index (χ0n) is 11.5. The van der Waals surface area contributed by atoms with Crippen LogP contribution in [-0.2, 0) is 0 Å². The Labute approximate surface area is 109 Å². The van der Waals surface area contributed by atoms with Crippen LogP contribution < -0.4 is 10.2 Å². The standard InChI is InChI=1S/C15H23FN2/c1-11-7-4-5-10-18(11)14-9-6-8-13(16)15(14)12(2)17-3/h6,8-9,11-12,17H,4-5,7,10H2,1-3H3. The topological polar surface area (TPSA) is 15.3 Å². The second kappa shape index (κ2) is 5.70. The maximum absolute atomic E-state index is 14.1. The third-order valence-corrected chi connectivity index (χ3v) is 4.01. The number of hydrogen-bond acceptors (Lipinski definition) is 2. The highest BCUT2D eigenvalue weighted by atomic mass is 19.1. The van der Waals surface area contributed by atoms with E-state index in [0.717, 1.165) is 17.8 Å². The summed E-state index contributed by atoms with van der Waals surface area (Å²) in [6.07, 6.45) is 3.68. The largest absolute Gasteiger partial charge is 0.368 e. The van der Waals surface area contributed by atoms with Gasteiger partial charge < -0.3 is 10.2 Å². The normalized spacial score (nSPS) is 22.0. The lowest BCUT2D eigenvalue weighted by atomic mass is 9.98. The number of benzene rings is 1. The molecule has 18 heavy (non-hydrogen) atoms. The first-order valence-corrected chi connectivity index (χ1v) is 6.87. The molecule has 1 aliphatic rings. The molecular weight excluding hydrogens is 227 g/mol. The Morgan fingerprint density at radius 3 is 2.83 bits per heavy atom. The van der Waals surface area contributed by atoms with Gasteiger partial charge in [-0.2, -0.15) is 0 Å². The second-order valence-electron chi connectivity index (χ2n) is 5.22. The van der Waals surface area contributed by atoms with Crippen LogP contribution in [0.3, 0.4) is 0 Å². The molecule has 0 saturated carbocycles. The van der Waals surface area contributed by atoms with Gasteiger partial charge in [0.1, 0.15) is 5.82 Å². The van der Waals surface area contributed by atoms with Crippen molar-refractivity contribution in [3.63, 3.8) is 0 Å². The first-order chi connectivity index (χ1) is 8.65. The van der Waals surface area contributed by atoms with Gasteiger partial charge in [-0.15, -0.1) is 0 Å². The Hall–Kier alpha value is -1.09. The van der Waals surface area contributed by atoms with E-state index < -0.39 is 0 Å². The highest BCUT2D eigenvalue weighted by molar-refractivity contribution is 5.56. The third kappa shape index (κ3) is 2.51. The van der Waals surface area contributed by atoms with E-state index in [4.69, 9.17) is 0 Å². The first-order valence-electron chi connectivity index (χ1n) is 6.87. The lowest BCUT2D eigenvalue weighted by Crippen LogP contribution is -2.38. The molecule has 2 unspecified atom stereocenters. The van der Waals surface area contributed by atoms with Gasteiger partial charge in [0.05, 0.1) is 0 Å². The molecule has 0 radical (unpaired) electrons. The van der Waals surface area contributed by atoms with E-state index in [1.807, 2.05) is 26.1 Å². The van der Waals surface area contributed by atoms with Crippen molar-refractivity contribution in [2.75, 3.05) is 18.5 Å². The van der Waals surface area contributed by atoms with Gasteiger partial charge in [0.2, 0.25) is 0 Å². The molecule has 100 valence electrons. The quantitative estimate of drug-likeness (QED) is 0.883. The second-order valence-corrected chi connectivity index (χ2v) is 5.22. The number of anilines is 1. The highest BCUT2D eigenvalue weighted by Crippen LogP contribution is 2.32. The third-order valence-electron chi connectivity index (χ3n) is 4.01. The van der Waals surface area contributed by atoms with E-state index >= 15 is 0 Å². The lowest BCUT2D eigenvalue weighted by molar-refractivity contribution is 0.478. The molecule has 0 spiro atoms. The molecule has 0 aliphatic carbocycles. The molecule has 2 atom stereocenters. The summed E-state index contributed by atoms with van der Waals surface area (Å²) in [7, 11) is 1.88. The molecule has 0 aromatic heterocycles. The van der Waals surface area contributed by atoms with Crippen molar-refractivity contribution >= 4 is 5.69 Å². The fourth-order valence-corrected chi connectivity index (χ4v) is 2.81. The molecule has 1 aromatic carbocycles. The summed E-state index contributed by atoms with van der Waals surface area (Å²) in [5.41, 5.74) is 1.86. The van der Waals surface area contributed by atoms with Crippen molar-refractivity contribution in [2.24, 2.45) is 0 Å². The van der Waals surface area contributed by atoms with Gasteiger partial charge in [-0.25, -0.2) is 4.39 Å².